The monoisotopic (exact) mass is 272 g/mol. The number of rotatable bonds is 1. The molecule has 1 fully saturated rings. The molecule has 1 saturated heterocycles. The summed E-state index contributed by atoms with van der Waals surface area (Å²) in [5.41, 5.74) is 2.69. The maximum absolute atomic E-state index is 12.6. The number of nitrogens with zero attached hydrogens (tertiary/aromatic N) is 1. The summed E-state index contributed by atoms with van der Waals surface area (Å²) in [5, 5.41) is 2.72. The molecule has 0 radical (unpaired) electrons. The van der Waals surface area contributed by atoms with Crippen molar-refractivity contribution in [3.05, 3.63) is 34.4 Å². The van der Waals surface area contributed by atoms with Crippen LogP contribution in [0.4, 0.5) is 0 Å². The lowest BCUT2D eigenvalue weighted by molar-refractivity contribution is -0.123. The quantitative estimate of drug-likeness (QED) is 0.781. The van der Waals surface area contributed by atoms with Gasteiger partial charge in [0.2, 0.25) is 5.91 Å². The zero-order chi connectivity index (χ0) is 14.4. The molecule has 0 saturated carbocycles. The smallest absolute Gasteiger partial charge is 0.262 e. The first-order valence-electron chi connectivity index (χ1n) is 6.75. The minimum Gasteiger partial charge on any atom is -0.354 e. The van der Waals surface area contributed by atoms with Crippen LogP contribution in [0.2, 0.25) is 0 Å². The summed E-state index contributed by atoms with van der Waals surface area (Å²) in [6.07, 6.45) is 0.894. The van der Waals surface area contributed by atoms with Crippen molar-refractivity contribution in [3.8, 4) is 0 Å². The van der Waals surface area contributed by atoms with Crippen molar-refractivity contribution < 1.29 is 14.4 Å². The summed E-state index contributed by atoms with van der Waals surface area (Å²) in [5.74, 6) is -0.482. The van der Waals surface area contributed by atoms with Gasteiger partial charge in [0.05, 0.1) is 17.2 Å². The van der Waals surface area contributed by atoms with Gasteiger partial charge in [0, 0.05) is 13.0 Å². The zero-order valence-corrected chi connectivity index (χ0v) is 11.5. The Morgan fingerprint density at radius 1 is 1.05 bits per heavy atom. The molecule has 1 aromatic carbocycles. The largest absolute Gasteiger partial charge is 0.354 e. The fraction of sp³-hybridized carbons (Fsp3) is 0.400. The molecule has 1 N–H and O–H groups in total. The first-order chi connectivity index (χ1) is 9.50. The van der Waals surface area contributed by atoms with Gasteiger partial charge < -0.3 is 5.32 Å². The van der Waals surface area contributed by atoms with Crippen molar-refractivity contribution in [2.75, 3.05) is 6.54 Å². The molecule has 20 heavy (non-hydrogen) atoms. The van der Waals surface area contributed by atoms with Crippen LogP contribution in [0.3, 0.4) is 0 Å². The van der Waals surface area contributed by atoms with Crippen molar-refractivity contribution in [1.29, 1.82) is 0 Å². The molecule has 1 unspecified atom stereocenters. The molecule has 3 rings (SSSR count). The average molecular weight is 272 g/mol. The van der Waals surface area contributed by atoms with E-state index in [4.69, 9.17) is 0 Å². The summed E-state index contributed by atoms with van der Waals surface area (Å²) >= 11 is 0. The molecular weight excluding hydrogens is 256 g/mol. The van der Waals surface area contributed by atoms with Gasteiger partial charge in [-0.25, -0.2) is 0 Å². The first-order valence-corrected chi connectivity index (χ1v) is 6.75. The second-order valence-corrected chi connectivity index (χ2v) is 5.43. The van der Waals surface area contributed by atoms with E-state index < -0.39 is 0 Å². The molecule has 104 valence electrons. The van der Waals surface area contributed by atoms with Crippen molar-refractivity contribution in [2.45, 2.75) is 32.7 Å². The van der Waals surface area contributed by atoms with Gasteiger partial charge in [0.1, 0.15) is 0 Å². The molecule has 5 nitrogen and oxygen atoms in total. The summed E-state index contributed by atoms with van der Waals surface area (Å²) in [7, 11) is 0. The van der Waals surface area contributed by atoms with Crippen molar-refractivity contribution >= 4 is 17.7 Å². The Morgan fingerprint density at radius 3 is 2.05 bits per heavy atom. The number of hydrogen-bond acceptors (Lipinski definition) is 3. The summed E-state index contributed by atoms with van der Waals surface area (Å²) < 4.78 is 0. The highest BCUT2D eigenvalue weighted by Crippen LogP contribution is 2.31. The second kappa shape index (κ2) is 4.44. The van der Waals surface area contributed by atoms with Crippen LogP contribution in [-0.4, -0.2) is 35.2 Å². The number of imide groups is 1. The molecule has 3 amide bonds. The van der Waals surface area contributed by atoms with E-state index in [9.17, 15) is 14.4 Å². The van der Waals surface area contributed by atoms with E-state index in [0.717, 1.165) is 11.1 Å². The number of aryl methyl sites for hydroxylation is 2. The van der Waals surface area contributed by atoms with Gasteiger partial charge in [-0.15, -0.1) is 0 Å². The molecule has 2 aliphatic heterocycles. The van der Waals surface area contributed by atoms with Gasteiger partial charge in [-0.1, -0.05) is 12.1 Å². The Morgan fingerprint density at radius 2 is 1.60 bits per heavy atom. The predicted molar refractivity (Wildman–Crippen MR) is 72.4 cm³/mol. The second-order valence-electron chi connectivity index (χ2n) is 5.43. The van der Waals surface area contributed by atoms with E-state index in [1.807, 2.05) is 26.0 Å². The SMILES string of the molecule is Cc1ccc(C)c2c1C(=O)N(C1CCC(=O)NC1)C2=O. The van der Waals surface area contributed by atoms with E-state index in [2.05, 4.69) is 5.32 Å². The number of piperidine rings is 1. The number of fused-ring (bicyclic) bond motifs is 1. The van der Waals surface area contributed by atoms with Crippen molar-refractivity contribution in [2.24, 2.45) is 0 Å². The number of nitrogens with one attached hydrogen (secondary N) is 1. The Balaban J connectivity index is 1.99. The molecule has 2 heterocycles. The third-order valence-corrected chi connectivity index (χ3v) is 4.09. The normalized spacial score (nSPS) is 22.0. The average Bonchev–Trinajstić information content (AvgIpc) is 2.69. The standard InChI is InChI=1S/C15H16N2O3/c1-8-3-4-9(2)13-12(8)14(19)17(15(13)20)10-5-6-11(18)16-7-10/h3-4,10H,5-7H2,1-2H3,(H,16,18). The topological polar surface area (TPSA) is 66.5 Å². The number of amides is 3. The van der Waals surface area contributed by atoms with Gasteiger partial charge in [-0.3, -0.25) is 19.3 Å². The molecular formula is C15H16N2O3. The van der Waals surface area contributed by atoms with Gasteiger partial charge >= 0.3 is 0 Å². The fourth-order valence-corrected chi connectivity index (χ4v) is 2.97. The number of carbonyl (C=O) groups is 3. The number of hydrogen-bond donors (Lipinski definition) is 1. The molecule has 1 aromatic rings. The molecule has 0 spiro atoms. The Kier molecular flexibility index (Phi) is 2.85. The number of benzene rings is 1. The van der Waals surface area contributed by atoms with E-state index in [1.54, 1.807) is 0 Å². The van der Waals surface area contributed by atoms with E-state index in [-0.39, 0.29) is 23.8 Å². The minimum atomic E-state index is -0.237. The third kappa shape index (κ3) is 1.73. The lowest BCUT2D eigenvalue weighted by Gasteiger charge is -2.29. The van der Waals surface area contributed by atoms with Crippen molar-refractivity contribution in [1.82, 2.24) is 10.2 Å². The third-order valence-electron chi connectivity index (χ3n) is 4.09. The molecule has 0 aliphatic carbocycles. The van der Waals surface area contributed by atoms with Gasteiger partial charge in [0.25, 0.3) is 11.8 Å². The zero-order valence-electron chi connectivity index (χ0n) is 11.5. The predicted octanol–water partition coefficient (Wildman–Crippen LogP) is 1.18. The Labute approximate surface area is 116 Å². The minimum absolute atomic E-state index is 0.0229. The fourth-order valence-electron chi connectivity index (χ4n) is 2.97. The van der Waals surface area contributed by atoms with Crippen LogP contribution in [-0.2, 0) is 4.79 Å². The molecule has 0 aromatic heterocycles. The van der Waals surface area contributed by atoms with E-state index in [1.165, 1.54) is 4.90 Å². The summed E-state index contributed by atoms with van der Waals surface area (Å²) in [6, 6.07) is 3.50. The van der Waals surface area contributed by atoms with Crippen molar-refractivity contribution in [3.63, 3.8) is 0 Å². The lowest BCUT2D eigenvalue weighted by atomic mass is 9.99. The Hall–Kier alpha value is -2.17. The van der Waals surface area contributed by atoms with Gasteiger partial charge in [-0.2, -0.15) is 0 Å². The lowest BCUT2D eigenvalue weighted by Crippen LogP contribution is -2.50. The molecule has 1 atom stereocenters. The Bertz CT molecular complexity index is 585. The first kappa shape index (κ1) is 12.8. The van der Waals surface area contributed by atoms with E-state index in [0.29, 0.717) is 30.5 Å². The van der Waals surface area contributed by atoms with Crippen LogP contribution >= 0.6 is 0 Å². The maximum Gasteiger partial charge on any atom is 0.262 e. The summed E-state index contributed by atoms with van der Waals surface area (Å²) in [4.78, 5) is 37.6. The van der Waals surface area contributed by atoms with E-state index >= 15 is 0 Å². The van der Waals surface area contributed by atoms with Crippen LogP contribution in [0.1, 0.15) is 44.7 Å². The summed E-state index contributed by atoms with van der Waals surface area (Å²) in [6.45, 7) is 4.04. The maximum atomic E-state index is 12.6. The highest BCUT2D eigenvalue weighted by molar-refractivity contribution is 6.23. The number of carbonyl (C=O) groups excluding carboxylic acids is 3. The van der Waals surface area contributed by atoms with Crippen LogP contribution in [0.5, 0.6) is 0 Å². The highest BCUT2D eigenvalue weighted by atomic mass is 16.2. The van der Waals surface area contributed by atoms with Crippen LogP contribution in [0, 0.1) is 13.8 Å². The van der Waals surface area contributed by atoms with Gasteiger partial charge in [-0.05, 0) is 31.4 Å². The van der Waals surface area contributed by atoms with Crippen LogP contribution in [0.25, 0.3) is 0 Å². The van der Waals surface area contributed by atoms with Crippen LogP contribution in [0.15, 0.2) is 12.1 Å². The van der Waals surface area contributed by atoms with Gasteiger partial charge in [0.15, 0.2) is 0 Å². The highest BCUT2D eigenvalue weighted by Gasteiger charge is 2.42. The molecule has 5 heteroatoms. The van der Waals surface area contributed by atoms with Crippen LogP contribution < -0.4 is 5.32 Å². The molecule has 2 aliphatic rings. The molecule has 0 bridgehead atoms.